The molecule has 0 saturated heterocycles. The topological polar surface area (TPSA) is 57.2 Å². The van der Waals surface area contributed by atoms with E-state index in [-0.39, 0.29) is 17.6 Å². The summed E-state index contributed by atoms with van der Waals surface area (Å²) in [5.74, 6) is 2.29. The van der Waals surface area contributed by atoms with Crippen LogP contribution in [0.5, 0.6) is 23.0 Å². The molecule has 1 N–H and O–H groups in total. The maximum Gasteiger partial charge on any atom is 0.203 e. The fraction of sp³-hybridized carbons (Fsp3) is 0.600. The second-order valence-corrected chi connectivity index (χ2v) is 5.54. The zero-order chi connectivity index (χ0) is 14.9. The summed E-state index contributed by atoms with van der Waals surface area (Å²) in [7, 11) is 4.70. The molecule has 1 aromatic carbocycles. The number of benzene rings is 1. The van der Waals surface area contributed by atoms with E-state index >= 15 is 0 Å². The molecule has 1 aromatic rings. The van der Waals surface area contributed by atoms with E-state index in [4.69, 9.17) is 18.9 Å². The zero-order valence-electron chi connectivity index (χ0n) is 12.6. The van der Waals surface area contributed by atoms with Gasteiger partial charge in [-0.15, -0.1) is 0 Å². The Labute approximate surface area is 119 Å². The van der Waals surface area contributed by atoms with Gasteiger partial charge >= 0.3 is 0 Å². The molecule has 1 fully saturated rings. The van der Waals surface area contributed by atoms with Gasteiger partial charge in [-0.1, -0.05) is 13.8 Å². The van der Waals surface area contributed by atoms with E-state index in [1.807, 2.05) is 13.8 Å². The predicted octanol–water partition coefficient (Wildman–Crippen LogP) is 2.25. The lowest BCUT2D eigenvalue weighted by atomic mass is 9.66. The van der Waals surface area contributed by atoms with E-state index in [0.29, 0.717) is 29.4 Å². The minimum absolute atomic E-state index is 0.0275. The first-order valence-electron chi connectivity index (χ1n) is 6.58. The van der Waals surface area contributed by atoms with Crippen LogP contribution in [-0.2, 0) is 0 Å². The third-order valence-corrected chi connectivity index (χ3v) is 4.04. The molecule has 20 heavy (non-hydrogen) atoms. The van der Waals surface area contributed by atoms with Crippen LogP contribution in [-0.4, -0.2) is 38.6 Å². The van der Waals surface area contributed by atoms with E-state index < -0.39 is 0 Å². The van der Waals surface area contributed by atoms with Crippen LogP contribution in [0.4, 0.5) is 0 Å². The van der Waals surface area contributed by atoms with Gasteiger partial charge in [0, 0.05) is 24.0 Å². The second kappa shape index (κ2) is 5.40. The molecule has 0 spiro atoms. The van der Waals surface area contributed by atoms with Gasteiger partial charge in [-0.3, -0.25) is 0 Å². The molecule has 0 amide bonds. The summed E-state index contributed by atoms with van der Waals surface area (Å²) >= 11 is 0. The van der Waals surface area contributed by atoms with Crippen molar-refractivity contribution in [2.75, 3.05) is 21.3 Å². The number of aliphatic hydroxyl groups excluding tert-OH is 1. The number of hydrogen-bond acceptors (Lipinski definition) is 5. The molecule has 1 saturated carbocycles. The van der Waals surface area contributed by atoms with Crippen LogP contribution in [0.15, 0.2) is 12.1 Å². The summed E-state index contributed by atoms with van der Waals surface area (Å²) < 4.78 is 21.8. The molecule has 112 valence electrons. The van der Waals surface area contributed by atoms with Crippen LogP contribution >= 0.6 is 0 Å². The van der Waals surface area contributed by atoms with Crippen molar-refractivity contribution in [2.24, 2.45) is 5.41 Å². The molecule has 2 atom stereocenters. The summed E-state index contributed by atoms with van der Waals surface area (Å²) in [4.78, 5) is 0. The van der Waals surface area contributed by atoms with Gasteiger partial charge < -0.3 is 24.1 Å². The van der Waals surface area contributed by atoms with Crippen LogP contribution < -0.4 is 18.9 Å². The summed E-state index contributed by atoms with van der Waals surface area (Å²) in [5, 5.41) is 9.76. The fourth-order valence-corrected chi connectivity index (χ4v) is 2.35. The Bertz CT molecular complexity index is 458. The van der Waals surface area contributed by atoms with Crippen LogP contribution in [0.25, 0.3) is 0 Å². The van der Waals surface area contributed by atoms with E-state index in [0.717, 1.165) is 0 Å². The third kappa shape index (κ3) is 2.38. The molecule has 2 rings (SSSR count). The zero-order valence-corrected chi connectivity index (χ0v) is 12.6. The number of hydrogen-bond donors (Lipinski definition) is 1. The van der Waals surface area contributed by atoms with Crippen LogP contribution in [0.3, 0.4) is 0 Å². The maximum atomic E-state index is 9.76. The first kappa shape index (κ1) is 14.8. The van der Waals surface area contributed by atoms with Crippen molar-refractivity contribution >= 4 is 0 Å². The normalized spacial score (nSPS) is 23.7. The fourth-order valence-electron chi connectivity index (χ4n) is 2.35. The number of ether oxygens (including phenoxy) is 4. The van der Waals surface area contributed by atoms with E-state index in [9.17, 15) is 5.11 Å². The van der Waals surface area contributed by atoms with Gasteiger partial charge in [0.25, 0.3) is 0 Å². The Hall–Kier alpha value is -1.62. The number of rotatable bonds is 5. The largest absolute Gasteiger partial charge is 0.493 e. The Morgan fingerprint density at radius 3 is 1.95 bits per heavy atom. The minimum atomic E-state index is -0.325. The van der Waals surface area contributed by atoms with E-state index in [2.05, 4.69) is 0 Å². The summed E-state index contributed by atoms with van der Waals surface area (Å²) in [5.41, 5.74) is -0.250. The number of methoxy groups -OCH3 is 3. The molecule has 5 nitrogen and oxygen atoms in total. The summed E-state index contributed by atoms with van der Waals surface area (Å²) in [6, 6.07) is 3.53. The lowest BCUT2D eigenvalue weighted by Crippen LogP contribution is -2.56. The summed E-state index contributed by atoms with van der Waals surface area (Å²) in [6.45, 7) is 3.98. The third-order valence-electron chi connectivity index (χ3n) is 4.04. The number of aliphatic hydroxyl groups is 1. The maximum absolute atomic E-state index is 9.76. The first-order chi connectivity index (χ1) is 9.43. The van der Waals surface area contributed by atoms with E-state index in [1.165, 1.54) is 0 Å². The molecule has 1 aliphatic carbocycles. The van der Waals surface area contributed by atoms with Gasteiger partial charge in [-0.2, -0.15) is 0 Å². The lowest BCUT2D eigenvalue weighted by Gasteiger charge is -2.48. The Morgan fingerprint density at radius 1 is 1.05 bits per heavy atom. The Kier molecular flexibility index (Phi) is 3.99. The first-order valence-corrected chi connectivity index (χ1v) is 6.58. The molecule has 5 heteroatoms. The molecule has 0 radical (unpaired) electrons. The van der Waals surface area contributed by atoms with Crippen LogP contribution in [0, 0.1) is 5.41 Å². The molecule has 0 aromatic heterocycles. The van der Waals surface area contributed by atoms with Gasteiger partial charge in [0.05, 0.1) is 27.4 Å². The van der Waals surface area contributed by atoms with Crippen molar-refractivity contribution in [3.05, 3.63) is 12.1 Å². The van der Waals surface area contributed by atoms with Crippen molar-refractivity contribution in [3.8, 4) is 23.0 Å². The average Bonchev–Trinajstić information content (AvgIpc) is 2.45. The SMILES string of the molecule is COc1cc(OC2CC(O)C2(C)C)cc(OC)c1OC. The van der Waals surface area contributed by atoms with Crippen molar-refractivity contribution in [3.63, 3.8) is 0 Å². The monoisotopic (exact) mass is 282 g/mol. The minimum Gasteiger partial charge on any atom is -0.493 e. The Balaban J connectivity index is 2.25. The smallest absolute Gasteiger partial charge is 0.203 e. The highest BCUT2D eigenvalue weighted by atomic mass is 16.5. The van der Waals surface area contributed by atoms with Gasteiger partial charge in [-0.05, 0) is 0 Å². The lowest BCUT2D eigenvalue weighted by molar-refractivity contribution is -0.134. The quantitative estimate of drug-likeness (QED) is 0.897. The van der Waals surface area contributed by atoms with Crippen molar-refractivity contribution in [1.29, 1.82) is 0 Å². The van der Waals surface area contributed by atoms with Gasteiger partial charge in [0.1, 0.15) is 11.9 Å². The van der Waals surface area contributed by atoms with E-state index in [1.54, 1.807) is 33.5 Å². The van der Waals surface area contributed by atoms with Gasteiger partial charge in [0.15, 0.2) is 11.5 Å². The molecule has 0 aliphatic heterocycles. The predicted molar refractivity (Wildman–Crippen MR) is 74.9 cm³/mol. The molecule has 0 bridgehead atoms. The molecule has 1 aliphatic rings. The Morgan fingerprint density at radius 2 is 1.60 bits per heavy atom. The standard InChI is InChI=1S/C15H22O5/c1-15(2)12(16)8-13(15)20-9-6-10(17-3)14(19-5)11(7-9)18-4/h6-7,12-13,16H,8H2,1-5H3. The highest BCUT2D eigenvalue weighted by Gasteiger charge is 2.49. The highest BCUT2D eigenvalue weighted by molar-refractivity contribution is 5.56. The molecular weight excluding hydrogens is 260 g/mol. The molecule has 0 heterocycles. The second-order valence-electron chi connectivity index (χ2n) is 5.54. The molecule has 2 unspecified atom stereocenters. The van der Waals surface area contributed by atoms with Gasteiger partial charge in [0.2, 0.25) is 5.75 Å². The summed E-state index contributed by atoms with van der Waals surface area (Å²) in [6.07, 6.45) is 0.277. The highest BCUT2D eigenvalue weighted by Crippen LogP contribution is 2.46. The van der Waals surface area contributed by atoms with Crippen LogP contribution in [0.1, 0.15) is 20.3 Å². The van der Waals surface area contributed by atoms with Crippen LogP contribution in [0.2, 0.25) is 0 Å². The van der Waals surface area contributed by atoms with Gasteiger partial charge in [-0.25, -0.2) is 0 Å². The molecular formula is C15H22O5. The van der Waals surface area contributed by atoms with Crippen molar-refractivity contribution < 1.29 is 24.1 Å². The van der Waals surface area contributed by atoms with Crippen molar-refractivity contribution in [2.45, 2.75) is 32.5 Å². The van der Waals surface area contributed by atoms with Crippen molar-refractivity contribution in [1.82, 2.24) is 0 Å². The average molecular weight is 282 g/mol.